The summed E-state index contributed by atoms with van der Waals surface area (Å²) in [6.45, 7) is 5.08. The van der Waals surface area contributed by atoms with Gasteiger partial charge in [0.05, 0.1) is 11.3 Å². The molecule has 0 radical (unpaired) electrons. The van der Waals surface area contributed by atoms with Gasteiger partial charge in [-0.15, -0.1) is 11.3 Å². The summed E-state index contributed by atoms with van der Waals surface area (Å²) in [6.07, 6.45) is -4.67. The number of halogens is 3. The topological polar surface area (TPSA) is 118 Å². The Labute approximate surface area is 219 Å². The number of aromatic nitrogens is 3. The highest BCUT2D eigenvalue weighted by Gasteiger charge is 2.35. The summed E-state index contributed by atoms with van der Waals surface area (Å²) < 4.78 is 78.8. The standard InChI is InChI=1S/C24H23F3N4O5S2/c1-14(2)11-31(38(33,34)23-28-15(3)13-37-23)19-9-8-18(24(25,26)27)10-20(19)35-12-16-4-6-17(7-5-16)21-29-22(32)36-30-21/h4-10,13-14H,11-12H2,1-3H3,(H,29,30,32). The third-order valence-electron chi connectivity index (χ3n) is 5.26. The van der Waals surface area contributed by atoms with E-state index in [-0.39, 0.29) is 40.7 Å². The molecule has 2 heterocycles. The molecule has 2 aromatic heterocycles. The fourth-order valence-corrected chi connectivity index (χ4v) is 6.26. The number of hydrogen-bond acceptors (Lipinski definition) is 8. The Hall–Kier alpha value is -3.65. The molecule has 4 aromatic rings. The predicted molar refractivity (Wildman–Crippen MR) is 135 cm³/mol. The van der Waals surface area contributed by atoms with E-state index in [2.05, 4.69) is 19.6 Å². The van der Waals surface area contributed by atoms with Gasteiger partial charge in [-0.2, -0.15) is 21.6 Å². The molecule has 0 amide bonds. The number of thiazole rings is 1. The van der Waals surface area contributed by atoms with Crippen LogP contribution in [-0.2, 0) is 22.8 Å². The van der Waals surface area contributed by atoms with Gasteiger partial charge in [-0.05, 0) is 36.6 Å². The number of nitrogens with one attached hydrogen (secondary N) is 1. The van der Waals surface area contributed by atoms with E-state index in [1.54, 1.807) is 50.4 Å². The van der Waals surface area contributed by atoms with Crippen molar-refractivity contribution in [3.8, 4) is 17.1 Å². The van der Waals surface area contributed by atoms with Crippen LogP contribution >= 0.6 is 11.3 Å². The van der Waals surface area contributed by atoms with Crippen LogP contribution in [0.1, 0.15) is 30.7 Å². The van der Waals surface area contributed by atoms with Gasteiger partial charge in [0.1, 0.15) is 12.4 Å². The molecule has 202 valence electrons. The number of H-pyrrole nitrogens is 1. The van der Waals surface area contributed by atoms with Crippen LogP contribution in [0.15, 0.2) is 61.5 Å². The lowest BCUT2D eigenvalue weighted by Crippen LogP contribution is -2.34. The molecule has 0 aliphatic heterocycles. The van der Waals surface area contributed by atoms with Crippen LogP contribution < -0.4 is 14.8 Å². The van der Waals surface area contributed by atoms with Crippen molar-refractivity contribution in [2.45, 2.75) is 37.9 Å². The molecule has 0 aliphatic rings. The minimum Gasteiger partial charge on any atom is -0.487 e. The van der Waals surface area contributed by atoms with Gasteiger partial charge < -0.3 is 4.74 Å². The van der Waals surface area contributed by atoms with E-state index in [0.717, 1.165) is 33.8 Å². The average Bonchev–Trinajstić information content (AvgIpc) is 3.49. The molecule has 0 spiro atoms. The SMILES string of the molecule is Cc1csc(S(=O)(=O)N(CC(C)C)c2ccc(C(F)(F)F)cc2OCc2ccc(-c3noc(=O)[nH]3)cc2)n1. The first kappa shape index (κ1) is 27.4. The maximum atomic E-state index is 13.5. The van der Waals surface area contributed by atoms with E-state index in [1.807, 2.05) is 0 Å². The van der Waals surface area contributed by atoms with Gasteiger partial charge in [0, 0.05) is 23.2 Å². The molecule has 0 saturated carbocycles. The number of hydrogen-bond donors (Lipinski definition) is 1. The van der Waals surface area contributed by atoms with Gasteiger partial charge in [-0.25, -0.2) is 9.78 Å². The Morgan fingerprint density at radius 2 is 1.87 bits per heavy atom. The van der Waals surface area contributed by atoms with Crippen molar-refractivity contribution in [1.29, 1.82) is 0 Å². The zero-order valence-corrected chi connectivity index (χ0v) is 22.1. The second-order valence-electron chi connectivity index (χ2n) is 8.79. The van der Waals surface area contributed by atoms with Crippen LogP contribution in [0.2, 0.25) is 0 Å². The largest absolute Gasteiger partial charge is 0.487 e. The number of aromatic amines is 1. The Balaban J connectivity index is 1.70. The summed E-state index contributed by atoms with van der Waals surface area (Å²) in [4.78, 5) is 17.7. The summed E-state index contributed by atoms with van der Waals surface area (Å²) in [6, 6.07) is 9.24. The number of alkyl halides is 3. The van der Waals surface area contributed by atoms with E-state index >= 15 is 0 Å². The molecule has 38 heavy (non-hydrogen) atoms. The quantitative estimate of drug-likeness (QED) is 0.293. The van der Waals surface area contributed by atoms with Crippen LogP contribution in [-0.4, -0.2) is 30.1 Å². The summed E-state index contributed by atoms with van der Waals surface area (Å²) in [5, 5.41) is 5.18. The summed E-state index contributed by atoms with van der Waals surface area (Å²) in [5.41, 5.74) is 0.633. The maximum Gasteiger partial charge on any atom is 0.439 e. The molecule has 1 N–H and O–H groups in total. The lowest BCUT2D eigenvalue weighted by molar-refractivity contribution is -0.137. The first-order chi connectivity index (χ1) is 17.8. The average molecular weight is 569 g/mol. The van der Waals surface area contributed by atoms with Crippen LogP contribution in [0.25, 0.3) is 11.4 Å². The van der Waals surface area contributed by atoms with Crippen LogP contribution in [0.3, 0.4) is 0 Å². The van der Waals surface area contributed by atoms with Gasteiger partial charge in [0.15, 0.2) is 5.82 Å². The van der Waals surface area contributed by atoms with Crippen molar-refractivity contribution in [1.82, 2.24) is 15.1 Å². The smallest absolute Gasteiger partial charge is 0.439 e. The predicted octanol–water partition coefficient (Wildman–Crippen LogP) is 5.24. The van der Waals surface area contributed by atoms with E-state index in [0.29, 0.717) is 16.8 Å². The molecule has 0 bridgehead atoms. The van der Waals surface area contributed by atoms with Gasteiger partial charge in [-0.3, -0.25) is 13.8 Å². The van der Waals surface area contributed by atoms with E-state index in [1.165, 1.54) is 0 Å². The normalized spacial score (nSPS) is 12.2. The number of ether oxygens (including phenoxy) is 1. The Bertz CT molecular complexity index is 1580. The number of aryl methyl sites for hydroxylation is 1. The zero-order chi connectivity index (χ0) is 27.7. The second kappa shape index (κ2) is 10.6. The molecule has 0 saturated heterocycles. The van der Waals surface area contributed by atoms with Crippen molar-refractivity contribution in [2.24, 2.45) is 5.92 Å². The van der Waals surface area contributed by atoms with Crippen molar-refractivity contribution in [3.63, 3.8) is 0 Å². The molecule has 14 heteroatoms. The highest BCUT2D eigenvalue weighted by molar-refractivity contribution is 7.94. The molecule has 9 nitrogen and oxygen atoms in total. The third-order valence-corrected chi connectivity index (χ3v) is 8.39. The lowest BCUT2D eigenvalue weighted by atomic mass is 10.1. The zero-order valence-electron chi connectivity index (χ0n) is 20.4. The Kier molecular flexibility index (Phi) is 7.65. The number of nitrogens with zero attached hydrogens (tertiary/aromatic N) is 3. The minimum atomic E-state index is -4.67. The molecule has 2 aromatic carbocycles. The highest BCUT2D eigenvalue weighted by Crippen LogP contribution is 2.39. The van der Waals surface area contributed by atoms with Gasteiger partial charge >= 0.3 is 11.9 Å². The number of anilines is 1. The van der Waals surface area contributed by atoms with Gasteiger partial charge in [0.25, 0.3) is 10.0 Å². The molecule has 4 rings (SSSR count). The molecular formula is C24H23F3N4O5S2. The van der Waals surface area contributed by atoms with E-state index < -0.39 is 27.5 Å². The Morgan fingerprint density at radius 3 is 2.42 bits per heavy atom. The summed E-state index contributed by atoms with van der Waals surface area (Å²) in [7, 11) is -4.18. The van der Waals surface area contributed by atoms with Gasteiger partial charge in [0.2, 0.25) is 4.34 Å². The van der Waals surface area contributed by atoms with Crippen LogP contribution in [0, 0.1) is 12.8 Å². The highest BCUT2D eigenvalue weighted by atomic mass is 32.2. The minimum absolute atomic E-state index is 0.00666. The number of rotatable bonds is 9. The second-order valence-corrected chi connectivity index (χ2v) is 11.7. The monoisotopic (exact) mass is 568 g/mol. The maximum absolute atomic E-state index is 13.5. The lowest BCUT2D eigenvalue weighted by Gasteiger charge is -2.27. The first-order valence-corrected chi connectivity index (χ1v) is 13.6. The molecule has 0 aliphatic carbocycles. The van der Waals surface area contributed by atoms with Crippen LogP contribution in [0.5, 0.6) is 5.75 Å². The van der Waals surface area contributed by atoms with Crippen molar-refractivity contribution in [2.75, 3.05) is 10.8 Å². The van der Waals surface area contributed by atoms with Crippen LogP contribution in [0.4, 0.5) is 18.9 Å². The van der Waals surface area contributed by atoms with Crippen molar-refractivity contribution in [3.05, 3.63) is 75.2 Å². The molecule has 0 unspecified atom stereocenters. The molecule has 0 fully saturated rings. The fraction of sp³-hybridized carbons (Fsp3) is 0.292. The van der Waals surface area contributed by atoms with E-state index in [4.69, 9.17) is 4.74 Å². The van der Waals surface area contributed by atoms with Crippen molar-refractivity contribution < 1.29 is 30.8 Å². The fourth-order valence-electron chi connectivity index (χ4n) is 3.49. The molecule has 0 atom stereocenters. The first-order valence-electron chi connectivity index (χ1n) is 11.3. The number of sulfonamides is 1. The number of benzene rings is 2. The van der Waals surface area contributed by atoms with Crippen molar-refractivity contribution >= 4 is 27.0 Å². The Morgan fingerprint density at radius 1 is 1.16 bits per heavy atom. The summed E-state index contributed by atoms with van der Waals surface area (Å²) >= 11 is 0.936. The van der Waals surface area contributed by atoms with Gasteiger partial charge in [-0.1, -0.05) is 43.3 Å². The van der Waals surface area contributed by atoms with E-state index in [9.17, 15) is 26.4 Å². The molecular weight excluding hydrogens is 545 g/mol. The summed E-state index contributed by atoms with van der Waals surface area (Å²) in [5.74, 6) is -0.897. The third kappa shape index (κ3) is 6.07.